The quantitative estimate of drug-likeness (QED) is 0.561. The maximum atomic E-state index is 9.85. The van der Waals surface area contributed by atoms with Crippen LogP contribution in [0.4, 0.5) is 0 Å². The van der Waals surface area contributed by atoms with Gasteiger partial charge < -0.3 is 15.9 Å². The molecular formula is C4H8CsNO4. The number of carboxylic acids is 2. The third-order valence-electron chi connectivity index (χ3n) is 0.712. The van der Waals surface area contributed by atoms with E-state index in [1.165, 1.54) is 0 Å². The summed E-state index contributed by atoms with van der Waals surface area (Å²) in [5, 5.41) is 16.0. The molecule has 0 rings (SSSR count). The van der Waals surface area contributed by atoms with Crippen LogP contribution in [0.15, 0.2) is 0 Å². The Bertz CT molecular complexity index is 137. The van der Waals surface area contributed by atoms with Crippen molar-refractivity contribution < 1.29 is 19.8 Å². The molecule has 0 saturated heterocycles. The van der Waals surface area contributed by atoms with Crippen molar-refractivity contribution >= 4 is 80.8 Å². The Labute approximate surface area is 116 Å². The first-order chi connectivity index (χ1) is 4.04. The van der Waals surface area contributed by atoms with E-state index in [0.717, 1.165) is 0 Å². The van der Waals surface area contributed by atoms with Gasteiger partial charge in [0.15, 0.2) is 0 Å². The van der Waals surface area contributed by atoms with Gasteiger partial charge in [-0.25, -0.2) is 0 Å². The molecule has 4 N–H and O–H groups in total. The van der Waals surface area contributed by atoms with Gasteiger partial charge in [-0.15, -0.1) is 0 Å². The van der Waals surface area contributed by atoms with Crippen molar-refractivity contribution in [2.45, 2.75) is 12.5 Å². The van der Waals surface area contributed by atoms with Gasteiger partial charge in [0.25, 0.3) is 0 Å². The number of hydrogen-bond acceptors (Lipinski definition) is 3. The normalized spacial score (nSPS) is 11.3. The summed E-state index contributed by atoms with van der Waals surface area (Å²) in [5.41, 5.74) is 4.84. The third-order valence-corrected chi connectivity index (χ3v) is 0.712. The van der Waals surface area contributed by atoms with Gasteiger partial charge in [-0.05, 0) is 0 Å². The molecule has 0 aromatic rings. The molecule has 54 valence electrons. The molecule has 0 aromatic carbocycles. The monoisotopic (exact) mass is 267 g/mol. The van der Waals surface area contributed by atoms with Gasteiger partial charge >= 0.3 is 80.8 Å². The molecule has 1 unspecified atom stereocenters. The summed E-state index contributed by atoms with van der Waals surface area (Å²) in [6, 6.07) is -1.29. The second-order valence-electron chi connectivity index (χ2n) is 1.54. The third kappa shape index (κ3) is 7.06. The molecule has 0 amide bonds. The predicted octanol–water partition coefficient (Wildman–Crippen LogP) is -1.78. The molecule has 0 saturated carbocycles. The molecular weight excluding hydrogens is 259 g/mol. The zero-order chi connectivity index (χ0) is 7.44. The Hall–Kier alpha value is 0.952. The number of carbonyl (C=O) groups is 2. The van der Waals surface area contributed by atoms with Crippen LogP contribution in [0.25, 0.3) is 0 Å². The second-order valence-corrected chi connectivity index (χ2v) is 1.54. The fourth-order valence-electron chi connectivity index (χ4n) is 0.275. The second kappa shape index (κ2) is 6.65. The van der Waals surface area contributed by atoms with Crippen LogP contribution in [-0.2, 0) is 9.59 Å². The van der Waals surface area contributed by atoms with Crippen LogP contribution in [0.3, 0.4) is 0 Å². The van der Waals surface area contributed by atoms with Gasteiger partial charge in [0.2, 0.25) is 0 Å². The molecule has 0 aliphatic rings. The van der Waals surface area contributed by atoms with Crippen molar-refractivity contribution in [1.82, 2.24) is 0 Å². The van der Waals surface area contributed by atoms with Crippen molar-refractivity contribution in [3.8, 4) is 0 Å². The Morgan fingerprint density at radius 2 is 1.80 bits per heavy atom. The first kappa shape index (κ1) is 13.5. The summed E-state index contributed by atoms with van der Waals surface area (Å²) in [6.07, 6.45) is -0.532. The molecule has 0 radical (unpaired) electrons. The molecule has 1 atom stereocenters. The summed E-state index contributed by atoms with van der Waals surface area (Å²) in [6.45, 7) is 0. The standard InChI is InChI=1S/C4H7NO4.Cs.H/c5-2(4(8)9)1-3(6)7;;/h2H,1,5H2,(H,6,7)(H,8,9);;. The predicted molar refractivity (Wildman–Crippen MR) is 35.0 cm³/mol. The van der Waals surface area contributed by atoms with Crippen molar-refractivity contribution in [3.63, 3.8) is 0 Å². The zero-order valence-electron chi connectivity index (χ0n) is 4.57. The number of rotatable bonds is 3. The number of nitrogens with two attached hydrogens (primary N) is 1. The van der Waals surface area contributed by atoms with Crippen molar-refractivity contribution in [1.29, 1.82) is 0 Å². The van der Waals surface area contributed by atoms with Crippen molar-refractivity contribution in [3.05, 3.63) is 0 Å². The number of hydrogen-bond donors (Lipinski definition) is 3. The van der Waals surface area contributed by atoms with Crippen LogP contribution in [-0.4, -0.2) is 97.1 Å². The van der Waals surface area contributed by atoms with E-state index in [4.69, 9.17) is 15.9 Å². The molecule has 0 spiro atoms. The van der Waals surface area contributed by atoms with E-state index in [9.17, 15) is 9.59 Å². The van der Waals surface area contributed by atoms with E-state index in [1.54, 1.807) is 0 Å². The van der Waals surface area contributed by atoms with Crippen molar-refractivity contribution in [2.75, 3.05) is 0 Å². The first-order valence-corrected chi connectivity index (χ1v) is 2.24. The molecule has 0 bridgehead atoms. The Balaban J connectivity index is 0. The molecule has 0 aromatic heterocycles. The molecule has 0 aliphatic carbocycles. The summed E-state index contributed by atoms with van der Waals surface area (Å²) in [7, 11) is 0. The van der Waals surface area contributed by atoms with E-state index in [-0.39, 0.29) is 68.9 Å². The van der Waals surface area contributed by atoms with E-state index in [0.29, 0.717) is 0 Å². The topological polar surface area (TPSA) is 101 Å². The van der Waals surface area contributed by atoms with E-state index < -0.39 is 24.4 Å². The molecule has 10 heavy (non-hydrogen) atoms. The summed E-state index contributed by atoms with van der Waals surface area (Å²) in [5.74, 6) is -2.50. The SMILES string of the molecule is NC(CC(=O)O)C(=O)O.[CsH]. The maximum absolute atomic E-state index is 9.85. The van der Waals surface area contributed by atoms with Gasteiger partial charge in [-0.3, -0.25) is 9.59 Å². The molecule has 0 aliphatic heterocycles. The fourth-order valence-corrected chi connectivity index (χ4v) is 0.275. The van der Waals surface area contributed by atoms with E-state index >= 15 is 0 Å². The van der Waals surface area contributed by atoms with Gasteiger partial charge in [0.1, 0.15) is 6.04 Å². The molecule has 0 fully saturated rings. The van der Waals surface area contributed by atoms with Gasteiger partial charge in [-0.2, -0.15) is 0 Å². The zero-order valence-corrected chi connectivity index (χ0v) is 4.57. The Kier molecular flexibility index (Phi) is 9.00. The van der Waals surface area contributed by atoms with Crippen LogP contribution in [0.1, 0.15) is 6.42 Å². The van der Waals surface area contributed by atoms with Crippen molar-refractivity contribution in [2.24, 2.45) is 5.73 Å². The Morgan fingerprint density at radius 3 is 1.90 bits per heavy atom. The minimum atomic E-state index is -1.29. The summed E-state index contributed by atoms with van der Waals surface area (Å²) < 4.78 is 0. The van der Waals surface area contributed by atoms with Crippen LogP contribution in [0.5, 0.6) is 0 Å². The number of aliphatic carboxylic acids is 2. The van der Waals surface area contributed by atoms with E-state index in [1.807, 2.05) is 0 Å². The minimum absolute atomic E-state index is 0. The Morgan fingerprint density at radius 1 is 1.40 bits per heavy atom. The first-order valence-electron chi connectivity index (χ1n) is 2.24. The average molecular weight is 267 g/mol. The summed E-state index contributed by atoms with van der Waals surface area (Å²) >= 11 is 0. The fraction of sp³-hybridized carbons (Fsp3) is 0.500. The molecule has 0 heterocycles. The van der Waals surface area contributed by atoms with Gasteiger partial charge in [0, 0.05) is 0 Å². The molecule has 6 heteroatoms. The van der Waals surface area contributed by atoms with Gasteiger partial charge in [-0.1, -0.05) is 0 Å². The van der Waals surface area contributed by atoms with Crippen LogP contribution in [0.2, 0.25) is 0 Å². The van der Waals surface area contributed by atoms with Gasteiger partial charge in [0.05, 0.1) is 6.42 Å². The van der Waals surface area contributed by atoms with Crippen LogP contribution in [0, 0.1) is 0 Å². The number of carboxylic acid groups (broad SMARTS) is 2. The molecule has 5 nitrogen and oxygen atoms in total. The van der Waals surface area contributed by atoms with Crippen LogP contribution < -0.4 is 5.73 Å². The summed E-state index contributed by atoms with van der Waals surface area (Å²) in [4.78, 5) is 19.6. The average Bonchev–Trinajstić information content (AvgIpc) is 1.63. The van der Waals surface area contributed by atoms with E-state index in [2.05, 4.69) is 0 Å². The van der Waals surface area contributed by atoms with Crippen LogP contribution >= 0.6 is 0 Å².